The fourth-order valence-electron chi connectivity index (χ4n) is 6.84. The molecule has 1 fully saturated rings. The van der Waals surface area contributed by atoms with Crippen LogP contribution in [-0.4, -0.2) is 59.6 Å². The molecular formula is C36H66N2O5Si2. The average molecular weight is 663 g/mol. The normalized spacial score (nSPS) is 26.3. The molecule has 0 saturated heterocycles. The summed E-state index contributed by atoms with van der Waals surface area (Å²) < 4.78 is 25.1. The minimum atomic E-state index is -2.12. The quantitative estimate of drug-likeness (QED) is 0.119. The molecule has 0 bridgehead atoms. The van der Waals surface area contributed by atoms with Crippen molar-refractivity contribution in [3.05, 3.63) is 29.3 Å². The van der Waals surface area contributed by atoms with Gasteiger partial charge in [0.15, 0.2) is 23.2 Å². The monoisotopic (exact) mass is 662 g/mol. The smallest absolute Gasteiger partial charge is 0.343 e. The lowest BCUT2D eigenvalue weighted by Crippen LogP contribution is -2.69. The molecular weight excluding hydrogens is 597 g/mol. The molecule has 7 nitrogen and oxygen atoms in total. The third kappa shape index (κ3) is 8.44. The molecule has 0 heterocycles. The van der Waals surface area contributed by atoms with Gasteiger partial charge in [0.25, 0.3) is 0 Å². The van der Waals surface area contributed by atoms with E-state index in [1.807, 2.05) is 12.1 Å². The summed E-state index contributed by atoms with van der Waals surface area (Å²) in [5, 5.41) is 0.223. The van der Waals surface area contributed by atoms with Gasteiger partial charge in [-0.1, -0.05) is 79.9 Å². The number of fused-ring (bicyclic) bond motifs is 2. The first-order valence-electron chi connectivity index (χ1n) is 17.3. The minimum absolute atomic E-state index is 0.0289. The summed E-state index contributed by atoms with van der Waals surface area (Å²) >= 11 is 0. The lowest BCUT2D eigenvalue weighted by molar-refractivity contribution is -0.142. The van der Waals surface area contributed by atoms with Crippen molar-refractivity contribution in [2.45, 2.75) is 166 Å². The Bertz CT molecular complexity index is 1160. The molecule has 0 aromatic heterocycles. The molecule has 1 aromatic rings. The van der Waals surface area contributed by atoms with E-state index in [0.29, 0.717) is 25.0 Å². The van der Waals surface area contributed by atoms with Crippen molar-refractivity contribution >= 4 is 22.6 Å². The molecule has 1 aromatic carbocycles. The number of hydrogen-bond donors (Lipinski definition) is 2. The molecule has 1 unspecified atom stereocenters. The number of carbonyl (C=O) groups excluding carboxylic acids is 1. The predicted molar refractivity (Wildman–Crippen MR) is 191 cm³/mol. The number of unbranched alkanes of at least 4 members (excludes halogenated alkanes) is 2. The Morgan fingerprint density at radius 3 is 2.20 bits per heavy atom. The molecule has 2 aliphatic rings. The lowest BCUT2D eigenvalue weighted by Gasteiger charge is -2.49. The van der Waals surface area contributed by atoms with Gasteiger partial charge in [0, 0.05) is 23.1 Å². The second kappa shape index (κ2) is 14.1. The Kier molecular flexibility index (Phi) is 12.0. The summed E-state index contributed by atoms with van der Waals surface area (Å²) in [7, 11) is -2.70. The van der Waals surface area contributed by atoms with Crippen molar-refractivity contribution in [1.29, 1.82) is 0 Å². The number of esters is 1. The van der Waals surface area contributed by atoms with Crippen LogP contribution in [0.2, 0.25) is 36.3 Å². The van der Waals surface area contributed by atoms with Gasteiger partial charge in [-0.25, -0.2) is 4.79 Å². The second-order valence-electron chi connectivity index (χ2n) is 17.1. The second-order valence-corrected chi connectivity index (χ2v) is 26.6. The Hall–Kier alpha value is -1.24. The van der Waals surface area contributed by atoms with Crippen LogP contribution in [0.15, 0.2) is 18.2 Å². The van der Waals surface area contributed by atoms with Crippen molar-refractivity contribution in [2.24, 2.45) is 17.4 Å². The van der Waals surface area contributed by atoms with E-state index in [2.05, 4.69) is 80.7 Å². The van der Waals surface area contributed by atoms with Crippen LogP contribution in [0.1, 0.15) is 105 Å². The zero-order chi connectivity index (χ0) is 34.1. The van der Waals surface area contributed by atoms with Crippen LogP contribution in [0.3, 0.4) is 0 Å². The molecule has 0 aliphatic heterocycles. The molecule has 5 atom stereocenters. The van der Waals surface area contributed by atoms with Crippen LogP contribution in [0.25, 0.3) is 0 Å². The average Bonchev–Trinajstić information content (AvgIpc) is 3.11. The lowest BCUT2D eigenvalue weighted by atomic mass is 9.64. The van der Waals surface area contributed by atoms with Crippen LogP contribution >= 0.6 is 0 Å². The summed E-state index contributed by atoms with van der Waals surface area (Å²) in [5.74, 6) is 0.381. The Labute approximate surface area is 277 Å². The van der Waals surface area contributed by atoms with E-state index in [9.17, 15) is 4.79 Å². The van der Waals surface area contributed by atoms with Crippen molar-refractivity contribution in [3.63, 3.8) is 0 Å². The van der Waals surface area contributed by atoms with Crippen molar-refractivity contribution in [1.82, 2.24) is 0 Å². The first kappa shape index (κ1) is 38.2. The van der Waals surface area contributed by atoms with Gasteiger partial charge < -0.3 is 29.8 Å². The zero-order valence-corrected chi connectivity index (χ0v) is 32.7. The number of nitrogens with two attached hydrogens (primary N) is 2. The molecule has 258 valence electrons. The van der Waals surface area contributed by atoms with Crippen molar-refractivity contribution < 1.29 is 23.1 Å². The van der Waals surface area contributed by atoms with Gasteiger partial charge in [0.05, 0.1) is 13.2 Å². The fraction of sp³-hybridized carbons (Fsp3) is 0.806. The molecule has 2 aliphatic carbocycles. The predicted octanol–water partition coefficient (Wildman–Crippen LogP) is 7.89. The van der Waals surface area contributed by atoms with Crippen LogP contribution in [-0.2, 0) is 31.2 Å². The van der Waals surface area contributed by atoms with Gasteiger partial charge >= 0.3 is 5.97 Å². The van der Waals surface area contributed by atoms with E-state index in [-0.39, 0.29) is 34.8 Å². The first-order chi connectivity index (χ1) is 20.6. The van der Waals surface area contributed by atoms with Crippen LogP contribution in [0.5, 0.6) is 5.75 Å². The van der Waals surface area contributed by atoms with Crippen molar-refractivity contribution in [3.8, 4) is 5.75 Å². The topological polar surface area (TPSA) is 106 Å². The zero-order valence-electron chi connectivity index (χ0n) is 30.7. The highest BCUT2D eigenvalue weighted by atomic mass is 28.4. The minimum Gasteiger partial charge on any atom is -0.482 e. The summed E-state index contributed by atoms with van der Waals surface area (Å²) in [6.45, 7) is 25.4. The Morgan fingerprint density at radius 1 is 0.978 bits per heavy atom. The maximum Gasteiger partial charge on any atom is 0.343 e. The number of carbonyl (C=O) groups is 1. The van der Waals surface area contributed by atoms with E-state index in [0.717, 1.165) is 30.4 Å². The van der Waals surface area contributed by atoms with Gasteiger partial charge in [-0.05, 0) is 92.0 Å². The third-order valence-corrected chi connectivity index (χ3v) is 20.9. The number of methoxy groups -OCH3 is 1. The van der Waals surface area contributed by atoms with Crippen LogP contribution in [0, 0.1) is 5.92 Å². The van der Waals surface area contributed by atoms with Crippen molar-refractivity contribution in [2.75, 3.05) is 13.7 Å². The summed E-state index contributed by atoms with van der Waals surface area (Å²) in [4.78, 5) is 11.9. The number of benzene rings is 1. The SMILES string of the molecule is CCCCC[C@@H](CC[C@H]1C(O[Si](C)(C)C(C)(C)C)C[C@]2(N)Cc3c(cccc3OCC(=O)OC)C[C@]12N)O[Si](C)(C)C(C)(C)C. The molecule has 0 spiro atoms. The number of rotatable bonds is 14. The molecule has 1 saturated carbocycles. The molecule has 9 heteroatoms. The first-order valence-corrected chi connectivity index (χ1v) is 23.2. The molecule has 0 amide bonds. The summed E-state index contributed by atoms with van der Waals surface area (Å²) in [5.41, 5.74) is 16.0. The van der Waals surface area contributed by atoms with E-state index in [1.54, 1.807) is 0 Å². The van der Waals surface area contributed by atoms with E-state index in [1.165, 1.54) is 26.4 Å². The Balaban J connectivity index is 1.99. The van der Waals surface area contributed by atoms with Gasteiger partial charge in [-0.15, -0.1) is 0 Å². The highest BCUT2D eigenvalue weighted by Crippen LogP contribution is 2.54. The Morgan fingerprint density at radius 2 is 1.62 bits per heavy atom. The maximum atomic E-state index is 11.9. The van der Waals surface area contributed by atoms with E-state index >= 15 is 0 Å². The van der Waals surface area contributed by atoms with Gasteiger partial charge in [0.2, 0.25) is 0 Å². The van der Waals surface area contributed by atoms with Crippen LogP contribution in [0.4, 0.5) is 0 Å². The van der Waals surface area contributed by atoms with Gasteiger partial charge in [-0.2, -0.15) is 0 Å². The highest BCUT2D eigenvalue weighted by molar-refractivity contribution is 6.74. The highest BCUT2D eigenvalue weighted by Gasteiger charge is 2.63. The number of ether oxygens (including phenoxy) is 2. The molecule has 4 N–H and O–H groups in total. The van der Waals surface area contributed by atoms with E-state index in [4.69, 9.17) is 29.8 Å². The summed E-state index contributed by atoms with van der Waals surface area (Å²) in [6, 6.07) is 6.05. The van der Waals surface area contributed by atoms with Crippen LogP contribution < -0.4 is 16.2 Å². The summed E-state index contributed by atoms with van der Waals surface area (Å²) in [6.07, 6.45) is 8.69. The largest absolute Gasteiger partial charge is 0.482 e. The molecule has 3 rings (SSSR count). The fourth-order valence-corrected chi connectivity index (χ4v) is 9.62. The van der Waals surface area contributed by atoms with E-state index < -0.39 is 33.7 Å². The third-order valence-electron chi connectivity index (χ3n) is 11.8. The van der Waals surface area contributed by atoms with Gasteiger partial charge in [-0.3, -0.25) is 0 Å². The molecule has 0 radical (unpaired) electrons. The molecule has 45 heavy (non-hydrogen) atoms. The maximum absolute atomic E-state index is 11.9. The van der Waals surface area contributed by atoms with Gasteiger partial charge in [0.1, 0.15) is 5.75 Å². The number of hydrogen-bond acceptors (Lipinski definition) is 7. The standard InChI is InChI=1S/C36H66N2O5Si2/c1-13-14-15-18-27(42-44(9,10)33(2,3)4)20-21-29-31(43-45(11,12)34(5,6)7)24-35(37)23-28-26(22-36(29,35)38)17-16-19-30(28)41-25-32(39)40-8/h16-17,19,27,29,31H,13-15,18,20-25,37-38H2,1-12H3/t27-,29-,31?,35+,36-/m0/s1.